The minimum absolute atomic E-state index is 0.0214. The van der Waals surface area contributed by atoms with Crippen LogP contribution >= 0.6 is 0 Å². The molecule has 0 aromatic heterocycles. The molecule has 0 aromatic carbocycles. The van der Waals surface area contributed by atoms with Crippen molar-refractivity contribution in [3.05, 3.63) is 12.3 Å². The summed E-state index contributed by atoms with van der Waals surface area (Å²) in [5.74, 6) is 0.237. The lowest BCUT2D eigenvalue weighted by molar-refractivity contribution is -0.121. The molecule has 0 aliphatic rings. The molecule has 0 heterocycles. The highest BCUT2D eigenvalue weighted by molar-refractivity contribution is 5.82. The third kappa shape index (κ3) is 9.84. The molecule has 104 valence electrons. The van der Waals surface area contributed by atoms with E-state index in [0.29, 0.717) is 18.9 Å². The van der Waals surface area contributed by atoms with Gasteiger partial charge in [-0.3, -0.25) is 9.59 Å². The number of amides is 2. The predicted octanol–water partition coefficient (Wildman–Crippen LogP) is 0.906. The first-order chi connectivity index (χ1) is 8.43. The van der Waals surface area contributed by atoms with Gasteiger partial charge in [0, 0.05) is 13.5 Å². The van der Waals surface area contributed by atoms with Crippen molar-refractivity contribution in [2.24, 2.45) is 11.7 Å². The molecule has 0 aliphatic carbocycles. The van der Waals surface area contributed by atoms with E-state index in [1.54, 1.807) is 6.20 Å². The number of nitrogens with one attached hydrogen (secondary N) is 2. The van der Waals surface area contributed by atoms with Crippen LogP contribution in [0.3, 0.4) is 0 Å². The van der Waals surface area contributed by atoms with E-state index in [0.717, 1.165) is 12.8 Å². The standard InChI is InChI=1S/C13H25N3O2/c1-10(2)9-12(14)13(18)16-8-6-4-5-7-15-11(3)17/h6,8,10,12H,4-5,7,9,14H2,1-3H3,(H,15,17)(H,16,18)/b8-6+/t12-/m1/s1. The lowest BCUT2D eigenvalue weighted by atomic mass is 10.0. The van der Waals surface area contributed by atoms with Gasteiger partial charge in [0.05, 0.1) is 6.04 Å². The molecule has 1 atom stereocenters. The summed E-state index contributed by atoms with van der Waals surface area (Å²) in [5.41, 5.74) is 5.72. The fraction of sp³-hybridized carbons (Fsp3) is 0.692. The van der Waals surface area contributed by atoms with Crippen molar-refractivity contribution in [2.75, 3.05) is 6.54 Å². The number of hydrogen-bond acceptors (Lipinski definition) is 3. The summed E-state index contributed by atoms with van der Waals surface area (Å²) in [5, 5.41) is 5.36. The Morgan fingerprint density at radius 1 is 1.33 bits per heavy atom. The van der Waals surface area contributed by atoms with Crippen LogP contribution in [0.25, 0.3) is 0 Å². The molecule has 0 radical (unpaired) electrons. The van der Waals surface area contributed by atoms with Gasteiger partial charge >= 0.3 is 0 Å². The zero-order valence-corrected chi connectivity index (χ0v) is 11.5. The number of carbonyl (C=O) groups is 2. The average molecular weight is 255 g/mol. The summed E-state index contributed by atoms with van der Waals surface area (Å²) >= 11 is 0. The van der Waals surface area contributed by atoms with Gasteiger partial charge in [-0.25, -0.2) is 0 Å². The molecule has 0 bridgehead atoms. The summed E-state index contributed by atoms with van der Waals surface area (Å²) in [4.78, 5) is 22.1. The van der Waals surface area contributed by atoms with Gasteiger partial charge in [0.15, 0.2) is 0 Å². The van der Waals surface area contributed by atoms with Crippen molar-refractivity contribution in [2.45, 2.75) is 46.1 Å². The lowest BCUT2D eigenvalue weighted by Gasteiger charge is -2.12. The molecule has 4 N–H and O–H groups in total. The van der Waals surface area contributed by atoms with Crippen LogP contribution in [0, 0.1) is 5.92 Å². The summed E-state index contributed by atoms with van der Waals surface area (Å²) in [7, 11) is 0. The van der Waals surface area contributed by atoms with Crippen LogP contribution in [-0.2, 0) is 9.59 Å². The summed E-state index contributed by atoms with van der Waals surface area (Å²) in [6.07, 6.45) is 5.82. The van der Waals surface area contributed by atoms with Gasteiger partial charge in [-0.05, 0) is 31.4 Å². The van der Waals surface area contributed by atoms with Crippen LogP contribution in [0.4, 0.5) is 0 Å². The number of unbranched alkanes of at least 4 members (excludes halogenated alkanes) is 1. The largest absolute Gasteiger partial charge is 0.356 e. The number of carbonyl (C=O) groups excluding carboxylic acids is 2. The third-order valence-electron chi connectivity index (χ3n) is 2.33. The van der Waals surface area contributed by atoms with Crippen LogP contribution < -0.4 is 16.4 Å². The van der Waals surface area contributed by atoms with E-state index in [2.05, 4.69) is 10.6 Å². The van der Waals surface area contributed by atoms with E-state index in [1.807, 2.05) is 19.9 Å². The smallest absolute Gasteiger partial charge is 0.240 e. The topological polar surface area (TPSA) is 84.2 Å². The number of allylic oxidation sites excluding steroid dienone is 1. The highest BCUT2D eigenvalue weighted by atomic mass is 16.2. The van der Waals surface area contributed by atoms with E-state index in [-0.39, 0.29) is 11.8 Å². The molecular weight excluding hydrogens is 230 g/mol. The first kappa shape index (κ1) is 16.6. The SMILES string of the molecule is CC(=O)NCCC/C=C/NC(=O)[C@H](N)CC(C)C. The van der Waals surface area contributed by atoms with Crippen LogP contribution in [0.15, 0.2) is 12.3 Å². The zero-order chi connectivity index (χ0) is 14.0. The lowest BCUT2D eigenvalue weighted by Crippen LogP contribution is -2.39. The van der Waals surface area contributed by atoms with Gasteiger partial charge in [0.2, 0.25) is 11.8 Å². The molecule has 0 fully saturated rings. The minimum Gasteiger partial charge on any atom is -0.356 e. The van der Waals surface area contributed by atoms with Crippen LogP contribution in [0.5, 0.6) is 0 Å². The second-order valence-electron chi connectivity index (χ2n) is 4.77. The quantitative estimate of drug-likeness (QED) is 0.564. The maximum Gasteiger partial charge on any atom is 0.240 e. The minimum atomic E-state index is -0.450. The fourth-order valence-electron chi connectivity index (χ4n) is 1.43. The fourth-order valence-corrected chi connectivity index (χ4v) is 1.43. The first-order valence-corrected chi connectivity index (χ1v) is 6.39. The third-order valence-corrected chi connectivity index (χ3v) is 2.33. The van der Waals surface area contributed by atoms with Crippen molar-refractivity contribution in [3.63, 3.8) is 0 Å². The molecule has 0 rings (SSSR count). The Bertz CT molecular complexity index is 288. The molecular formula is C13H25N3O2. The molecule has 0 aliphatic heterocycles. The molecule has 18 heavy (non-hydrogen) atoms. The Morgan fingerprint density at radius 3 is 2.56 bits per heavy atom. The average Bonchev–Trinajstić information content (AvgIpc) is 2.26. The Balaban J connectivity index is 3.62. The predicted molar refractivity (Wildman–Crippen MR) is 72.6 cm³/mol. The summed E-state index contributed by atoms with van der Waals surface area (Å²) in [6.45, 7) is 6.21. The highest BCUT2D eigenvalue weighted by Crippen LogP contribution is 2.02. The Labute approximate surface area is 109 Å². The van der Waals surface area contributed by atoms with Gasteiger partial charge in [-0.15, -0.1) is 0 Å². The van der Waals surface area contributed by atoms with Crippen molar-refractivity contribution in [1.29, 1.82) is 0 Å². The maximum absolute atomic E-state index is 11.5. The monoisotopic (exact) mass is 255 g/mol. The maximum atomic E-state index is 11.5. The van der Waals surface area contributed by atoms with Crippen LogP contribution in [0.2, 0.25) is 0 Å². The van der Waals surface area contributed by atoms with Gasteiger partial charge in [0.25, 0.3) is 0 Å². The summed E-state index contributed by atoms with van der Waals surface area (Å²) < 4.78 is 0. The van der Waals surface area contributed by atoms with E-state index < -0.39 is 6.04 Å². The van der Waals surface area contributed by atoms with Gasteiger partial charge in [-0.1, -0.05) is 19.9 Å². The number of nitrogens with two attached hydrogens (primary N) is 1. The van der Waals surface area contributed by atoms with E-state index in [1.165, 1.54) is 6.92 Å². The molecule has 2 amide bonds. The van der Waals surface area contributed by atoms with Crippen molar-refractivity contribution in [3.8, 4) is 0 Å². The van der Waals surface area contributed by atoms with Crippen molar-refractivity contribution in [1.82, 2.24) is 10.6 Å². The van der Waals surface area contributed by atoms with Crippen molar-refractivity contribution < 1.29 is 9.59 Å². The Morgan fingerprint density at radius 2 is 2.00 bits per heavy atom. The molecule has 0 unspecified atom stereocenters. The second-order valence-corrected chi connectivity index (χ2v) is 4.77. The molecule has 5 nitrogen and oxygen atoms in total. The van der Waals surface area contributed by atoms with Crippen LogP contribution in [0.1, 0.15) is 40.0 Å². The molecule has 0 saturated heterocycles. The summed E-state index contributed by atoms with van der Waals surface area (Å²) in [6, 6.07) is -0.450. The first-order valence-electron chi connectivity index (χ1n) is 6.39. The Hall–Kier alpha value is -1.36. The zero-order valence-electron chi connectivity index (χ0n) is 11.5. The van der Waals surface area contributed by atoms with Crippen LogP contribution in [-0.4, -0.2) is 24.4 Å². The number of rotatable bonds is 8. The van der Waals surface area contributed by atoms with E-state index >= 15 is 0 Å². The van der Waals surface area contributed by atoms with E-state index in [4.69, 9.17) is 5.73 Å². The van der Waals surface area contributed by atoms with Crippen molar-refractivity contribution >= 4 is 11.8 Å². The normalized spacial score (nSPS) is 12.7. The molecule has 0 aromatic rings. The molecule has 0 spiro atoms. The van der Waals surface area contributed by atoms with Gasteiger partial charge in [0.1, 0.15) is 0 Å². The number of hydrogen-bond donors (Lipinski definition) is 3. The second kappa shape index (κ2) is 9.65. The van der Waals surface area contributed by atoms with E-state index in [9.17, 15) is 9.59 Å². The van der Waals surface area contributed by atoms with Gasteiger partial charge < -0.3 is 16.4 Å². The molecule has 0 saturated carbocycles. The highest BCUT2D eigenvalue weighted by Gasteiger charge is 2.12. The molecule has 5 heteroatoms. The Kier molecular flexibility index (Phi) is 8.92. The van der Waals surface area contributed by atoms with Gasteiger partial charge in [-0.2, -0.15) is 0 Å².